The van der Waals surface area contributed by atoms with Crippen LogP contribution in [0.25, 0.3) is 0 Å². The number of aliphatic carboxylic acids is 1. The van der Waals surface area contributed by atoms with Gasteiger partial charge in [0.2, 0.25) is 0 Å². The third kappa shape index (κ3) is 1.21. The summed E-state index contributed by atoms with van der Waals surface area (Å²) in [4.78, 5) is 10.5. The minimum Gasteiger partial charge on any atom is -0.481 e. The van der Waals surface area contributed by atoms with Gasteiger partial charge in [0.25, 0.3) is 0 Å². The number of hydrogen-bond acceptors (Lipinski definition) is 3. The zero-order chi connectivity index (χ0) is 9.47. The van der Waals surface area contributed by atoms with Crippen LogP contribution in [0.4, 0.5) is 0 Å². The maximum absolute atomic E-state index is 10.5. The number of carboxylic acid groups (broad SMARTS) is 1. The minimum atomic E-state index is -1.21. The van der Waals surface area contributed by atoms with Crippen LogP contribution in [0.2, 0.25) is 0 Å². The summed E-state index contributed by atoms with van der Waals surface area (Å²) in [6.45, 7) is 0. The lowest BCUT2D eigenvalue weighted by molar-refractivity contribution is -0.142. The van der Waals surface area contributed by atoms with Crippen molar-refractivity contribution in [2.24, 2.45) is 0 Å². The van der Waals surface area contributed by atoms with Crippen LogP contribution in [0, 0.1) is 0 Å². The Bertz CT molecular complexity index is 347. The third-order valence-corrected chi connectivity index (χ3v) is 2.45. The van der Waals surface area contributed by atoms with Gasteiger partial charge in [-0.15, -0.1) is 0 Å². The van der Waals surface area contributed by atoms with E-state index in [4.69, 9.17) is 5.11 Å². The molecule has 1 heterocycles. The summed E-state index contributed by atoms with van der Waals surface area (Å²) in [6.07, 6.45) is 2.38. The van der Waals surface area contributed by atoms with Gasteiger partial charge in [0.1, 0.15) is 5.60 Å². The molecule has 5 heteroatoms. The van der Waals surface area contributed by atoms with Gasteiger partial charge >= 0.3 is 5.97 Å². The molecule has 0 aliphatic heterocycles. The van der Waals surface area contributed by atoms with Gasteiger partial charge in [-0.25, -0.2) is 0 Å². The Morgan fingerprint density at radius 3 is 3.23 bits per heavy atom. The molecular weight excluding hydrogens is 172 g/mol. The fourth-order valence-corrected chi connectivity index (χ4v) is 1.80. The Hall–Kier alpha value is -1.36. The van der Waals surface area contributed by atoms with Crippen molar-refractivity contribution in [3.8, 4) is 0 Å². The van der Waals surface area contributed by atoms with Gasteiger partial charge in [0.05, 0.1) is 12.6 Å². The molecule has 0 aromatic carbocycles. The number of carbonyl (C=O) groups is 1. The number of nitrogens with one attached hydrogen (secondary N) is 1. The molecule has 0 bridgehead atoms. The zero-order valence-electron chi connectivity index (χ0n) is 6.95. The number of nitrogens with zero attached hydrogens (tertiary/aromatic N) is 1. The molecule has 3 N–H and O–H groups in total. The van der Waals surface area contributed by atoms with Crippen molar-refractivity contribution in [2.75, 3.05) is 0 Å². The number of aromatic nitrogens is 2. The number of carboxylic acids is 1. The van der Waals surface area contributed by atoms with Gasteiger partial charge in [-0.05, 0) is 12.8 Å². The van der Waals surface area contributed by atoms with E-state index in [0.717, 1.165) is 5.69 Å². The largest absolute Gasteiger partial charge is 0.481 e. The molecule has 2 rings (SSSR count). The molecule has 5 nitrogen and oxygen atoms in total. The van der Waals surface area contributed by atoms with Crippen molar-refractivity contribution >= 4 is 5.97 Å². The first-order chi connectivity index (χ1) is 6.12. The Morgan fingerprint density at radius 2 is 2.54 bits per heavy atom. The Labute approximate surface area is 74.4 Å². The van der Waals surface area contributed by atoms with E-state index < -0.39 is 11.6 Å². The van der Waals surface area contributed by atoms with Crippen LogP contribution in [0.3, 0.4) is 0 Å². The maximum atomic E-state index is 10.5. The zero-order valence-corrected chi connectivity index (χ0v) is 6.95. The second-order valence-corrected chi connectivity index (χ2v) is 3.36. The highest BCUT2D eigenvalue weighted by molar-refractivity contribution is 5.69. The van der Waals surface area contributed by atoms with Crippen molar-refractivity contribution in [1.82, 2.24) is 10.2 Å². The Morgan fingerprint density at radius 1 is 1.77 bits per heavy atom. The molecule has 1 unspecified atom stereocenters. The number of H-pyrrole nitrogens is 1. The van der Waals surface area contributed by atoms with Crippen LogP contribution in [0.5, 0.6) is 0 Å². The van der Waals surface area contributed by atoms with E-state index in [1.54, 1.807) is 0 Å². The summed E-state index contributed by atoms with van der Waals surface area (Å²) in [5.74, 6) is -0.989. The highest BCUT2D eigenvalue weighted by atomic mass is 16.4. The van der Waals surface area contributed by atoms with Crippen LogP contribution >= 0.6 is 0 Å². The first kappa shape index (κ1) is 8.25. The van der Waals surface area contributed by atoms with E-state index in [-0.39, 0.29) is 6.42 Å². The molecule has 1 atom stereocenters. The van der Waals surface area contributed by atoms with Crippen LogP contribution < -0.4 is 0 Å². The molecule has 1 aromatic rings. The predicted molar refractivity (Wildman–Crippen MR) is 43.1 cm³/mol. The molecule has 1 aromatic heterocycles. The first-order valence-corrected chi connectivity index (χ1v) is 4.09. The molecule has 13 heavy (non-hydrogen) atoms. The standard InChI is InChI=1S/C8H10N2O3/c11-7(12)3-8(13)2-1-6-5(8)4-9-10-6/h4,13H,1-3H2,(H,9,10)(H,11,12). The number of hydrogen-bond donors (Lipinski definition) is 3. The average Bonchev–Trinajstić information content (AvgIpc) is 2.54. The lowest BCUT2D eigenvalue weighted by Gasteiger charge is -2.19. The van der Waals surface area contributed by atoms with E-state index >= 15 is 0 Å². The summed E-state index contributed by atoms with van der Waals surface area (Å²) in [5, 5.41) is 25.1. The van der Waals surface area contributed by atoms with Gasteiger partial charge in [0.15, 0.2) is 0 Å². The highest BCUT2D eigenvalue weighted by Gasteiger charge is 2.39. The van der Waals surface area contributed by atoms with Crippen molar-refractivity contribution in [1.29, 1.82) is 0 Å². The minimum absolute atomic E-state index is 0.250. The molecule has 0 fully saturated rings. The Kier molecular flexibility index (Phi) is 1.63. The first-order valence-electron chi connectivity index (χ1n) is 4.09. The van der Waals surface area contributed by atoms with Crippen molar-refractivity contribution in [2.45, 2.75) is 24.9 Å². The lowest BCUT2D eigenvalue weighted by atomic mass is 9.94. The summed E-state index contributed by atoms with van der Waals surface area (Å²) in [5.41, 5.74) is 0.271. The third-order valence-electron chi connectivity index (χ3n) is 2.45. The maximum Gasteiger partial charge on any atom is 0.306 e. The molecular formula is C8H10N2O3. The topological polar surface area (TPSA) is 86.2 Å². The number of rotatable bonds is 2. The second-order valence-electron chi connectivity index (χ2n) is 3.36. The molecule has 0 saturated carbocycles. The summed E-state index contributed by atoms with van der Waals surface area (Å²) in [6, 6.07) is 0. The van der Waals surface area contributed by atoms with Crippen LogP contribution in [-0.2, 0) is 16.8 Å². The lowest BCUT2D eigenvalue weighted by Crippen LogP contribution is -2.25. The van der Waals surface area contributed by atoms with Crippen LogP contribution in [-0.4, -0.2) is 26.4 Å². The molecule has 0 saturated heterocycles. The van der Waals surface area contributed by atoms with Gasteiger partial charge in [-0.1, -0.05) is 0 Å². The van der Waals surface area contributed by atoms with E-state index in [0.29, 0.717) is 18.4 Å². The van der Waals surface area contributed by atoms with Crippen LogP contribution in [0.15, 0.2) is 6.20 Å². The molecule has 0 spiro atoms. The normalized spacial score (nSPS) is 25.9. The summed E-state index contributed by atoms with van der Waals surface area (Å²) < 4.78 is 0. The SMILES string of the molecule is O=C(O)CC1(O)CCc2[nH]ncc21. The predicted octanol–water partition coefficient (Wildman–Crippen LogP) is 0.0182. The quantitative estimate of drug-likeness (QED) is 0.601. The van der Waals surface area contributed by atoms with Crippen molar-refractivity contribution in [3.05, 3.63) is 17.5 Å². The van der Waals surface area contributed by atoms with E-state index in [1.807, 2.05) is 0 Å². The number of fused-ring (bicyclic) bond motifs is 1. The summed E-state index contributed by atoms with van der Waals surface area (Å²) in [7, 11) is 0. The Balaban J connectivity index is 2.32. The number of aromatic amines is 1. The van der Waals surface area contributed by atoms with Gasteiger partial charge < -0.3 is 10.2 Å². The number of aryl methyl sites for hydroxylation is 1. The highest BCUT2D eigenvalue weighted by Crippen LogP contribution is 2.37. The fraction of sp³-hybridized carbons (Fsp3) is 0.500. The van der Waals surface area contributed by atoms with Gasteiger partial charge in [-0.2, -0.15) is 5.10 Å². The monoisotopic (exact) mass is 182 g/mol. The van der Waals surface area contributed by atoms with E-state index in [9.17, 15) is 9.90 Å². The van der Waals surface area contributed by atoms with E-state index in [2.05, 4.69) is 10.2 Å². The van der Waals surface area contributed by atoms with Gasteiger partial charge in [0, 0.05) is 11.3 Å². The smallest absolute Gasteiger partial charge is 0.306 e. The molecule has 0 radical (unpaired) electrons. The molecule has 1 aliphatic rings. The fourth-order valence-electron chi connectivity index (χ4n) is 1.80. The van der Waals surface area contributed by atoms with Crippen LogP contribution in [0.1, 0.15) is 24.1 Å². The van der Waals surface area contributed by atoms with Gasteiger partial charge in [-0.3, -0.25) is 9.89 Å². The molecule has 1 aliphatic carbocycles. The molecule has 70 valence electrons. The van der Waals surface area contributed by atoms with Crippen molar-refractivity contribution in [3.63, 3.8) is 0 Å². The van der Waals surface area contributed by atoms with Crippen molar-refractivity contribution < 1.29 is 15.0 Å². The average molecular weight is 182 g/mol. The second kappa shape index (κ2) is 2.56. The van der Waals surface area contributed by atoms with E-state index in [1.165, 1.54) is 6.20 Å². The summed E-state index contributed by atoms with van der Waals surface area (Å²) >= 11 is 0. The molecule has 0 amide bonds. The number of aliphatic hydroxyl groups is 1.